The number of nitrogens with two attached hydrogens (primary N) is 1. The zero-order chi connectivity index (χ0) is 15.5. The van der Waals surface area contributed by atoms with E-state index < -0.39 is 10.0 Å². The van der Waals surface area contributed by atoms with Crippen LogP contribution in [0.15, 0.2) is 28.0 Å². The van der Waals surface area contributed by atoms with Gasteiger partial charge in [-0.05, 0) is 20.3 Å². The molecule has 0 aromatic carbocycles. The Morgan fingerprint density at radius 1 is 1.38 bits per heavy atom. The number of sulfonamides is 1. The van der Waals surface area contributed by atoms with Crippen LogP contribution in [0.4, 0.5) is 0 Å². The molecule has 0 spiro atoms. The molecular weight excluding hydrogens is 292 g/mol. The number of aromatic nitrogens is 2. The van der Waals surface area contributed by atoms with Crippen LogP contribution >= 0.6 is 0 Å². The second-order valence-electron chi connectivity index (χ2n) is 4.78. The average Bonchev–Trinajstić information content (AvgIpc) is 3.02. The summed E-state index contributed by atoms with van der Waals surface area (Å²) >= 11 is 0. The third-order valence-electron chi connectivity index (χ3n) is 3.24. The molecule has 0 atom stereocenters. The highest BCUT2D eigenvalue weighted by Gasteiger charge is 2.25. The standard InChI is InChI=1S/C13H20N4O3S/c1-10-12(8-14)13(11(2)20-10)21(18,19)16-4-3-6-17-7-5-15-9-17/h5,7,9,16H,3-4,6,8,14H2,1-2H3. The Labute approximate surface area is 124 Å². The van der Waals surface area contributed by atoms with Crippen LogP contribution in [-0.2, 0) is 23.1 Å². The fraction of sp³-hybridized carbons (Fsp3) is 0.462. The summed E-state index contributed by atoms with van der Waals surface area (Å²) in [6, 6.07) is 0. The SMILES string of the molecule is Cc1oc(C)c(S(=O)(=O)NCCCn2ccnc2)c1CN. The molecule has 0 radical (unpaired) electrons. The Kier molecular flexibility index (Phi) is 4.81. The Balaban J connectivity index is 2.02. The number of imidazole rings is 1. The van der Waals surface area contributed by atoms with E-state index in [0.29, 0.717) is 36.6 Å². The summed E-state index contributed by atoms with van der Waals surface area (Å²) in [5.41, 5.74) is 6.15. The Morgan fingerprint density at radius 2 is 2.14 bits per heavy atom. The van der Waals surface area contributed by atoms with Gasteiger partial charge >= 0.3 is 0 Å². The molecule has 0 amide bonds. The van der Waals surface area contributed by atoms with Gasteiger partial charge in [-0.3, -0.25) is 0 Å². The maximum atomic E-state index is 12.4. The Hall–Kier alpha value is -1.64. The summed E-state index contributed by atoms with van der Waals surface area (Å²) in [5, 5.41) is 0. The van der Waals surface area contributed by atoms with Crippen molar-refractivity contribution in [3.8, 4) is 0 Å². The molecule has 2 aromatic heterocycles. The van der Waals surface area contributed by atoms with Gasteiger partial charge in [0.15, 0.2) is 0 Å². The van der Waals surface area contributed by atoms with Gasteiger partial charge in [0, 0.05) is 37.6 Å². The number of furan rings is 1. The van der Waals surface area contributed by atoms with E-state index in [9.17, 15) is 8.42 Å². The molecule has 0 aliphatic carbocycles. The first-order valence-corrected chi connectivity index (χ1v) is 8.18. The molecule has 0 unspecified atom stereocenters. The van der Waals surface area contributed by atoms with E-state index in [-0.39, 0.29) is 11.4 Å². The van der Waals surface area contributed by atoms with E-state index in [1.165, 1.54) is 0 Å². The third-order valence-corrected chi connectivity index (χ3v) is 4.90. The predicted octanol–water partition coefficient (Wildman–Crippen LogP) is 0.920. The van der Waals surface area contributed by atoms with Crippen molar-refractivity contribution in [3.05, 3.63) is 35.8 Å². The fourth-order valence-corrected chi connectivity index (χ4v) is 3.79. The van der Waals surface area contributed by atoms with E-state index in [4.69, 9.17) is 10.2 Å². The van der Waals surface area contributed by atoms with Gasteiger partial charge in [0.25, 0.3) is 0 Å². The number of nitrogens with zero attached hydrogens (tertiary/aromatic N) is 2. The van der Waals surface area contributed by atoms with Crippen molar-refractivity contribution in [3.63, 3.8) is 0 Å². The van der Waals surface area contributed by atoms with Crippen LogP contribution in [0.5, 0.6) is 0 Å². The van der Waals surface area contributed by atoms with Crippen LogP contribution < -0.4 is 10.5 Å². The molecule has 0 aliphatic heterocycles. The summed E-state index contributed by atoms with van der Waals surface area (Å²) in [6.07, 6.45) is 5.90. The van der Waals surface area contributed by atoms with Crippen LogP contribution in [0.25, 0.3) is 0 Å². The molecule has 8 heteroatoms. The summed E-state index contributed by atoms with van der Waals surface area (Å²) in [7, 11) is -3.60. The minimum atomic E-state index is -3.60. The van der Waals surface area contributed by atoms with Gasteiger partial charge in [-0.1, -0.05) is 0 Å². The summed E-state index contributed by atoms with van der Waals surface area (Å²) in [5.74, 6) is 0.920. The lowest BCUT2D eigenvalue weighted by Gasteiger charge is -2.08. The quantitative estimate of drug-likeness (QED) is 0.740. The molecule has 2 heterocycles. The predicted molar refractivity (Wildman–Crippen MR) is 78.1 cm³/mol. The third kappa shape index (κ3) is 3.52. The van der Waals surface area contributed by atoms with E-state index in [1.54, 1.807) is 26.4 Å². The molecule has 2 rings (SSSR count). The van der Waals surface area contributed by atoms with Crippen molar-refractivity contribution < 1.29 is 12.8 Å². The number of rotatable bonds is 7. The van der Waals surface area contributed by atoms with Crippen molar-refractivity contribution in [1.82, 2.24) is 14.3 Å². The molecule has 0 bridgehead atoms. The molecule has 0 fully saturated rings. The van der Waals surface area contributed by atoms with Crippen molar-refractivity contribution in [2.24, 2.45) is 5.73 Å². The number of nitrogens with one attached hydrogen (secondary N) is 1. The van der Waals surface area contributed by atoms with Crippen LogP contribution in [-0.4, -0.2) is 24.5 Å². The van der Waals surface area contributed by atoms with E-state index >= 15 is 0 Å². The molecule has 0 saturated carbocycles. The first kappa shape index (κ1) is 15.7. The lowest BCUT2D eigenvalue weighted by molar-refractivity contribution is 0.493. The molecule has 21 heavy (non-hydrogen) atoms. The van der Waals surface area contributed by atoms with Gasteiger partial charge in [-0.15, -0.1) is 0 Å². The Bertz CT molecular complexity index is 689. The van der Waals surface area contributed by atoms with Crippen LogP contribution in [0.2, 0.25) is 0 Å². The van der Waals surface area contributed by atoms with E-state index in [2.05, 4.69) is 9.71 Å². The smallest absolute Gasteiger partial charge is 0.244 e. The van der Waals surface area contributed by atoms with Crippen LogP contribution in [0, 0.1) is 13.8 Å². The van der Waals surface area contributed by atoms with Crippen molar-refractivity contribution >= 4 is 10.0 Å². The number of hydrogen-bond acceptors (Lipinski definition) is 5. The summed E-state index contributed by atoms with van der Waals surface area (Å²) in [4.78, 5) is 4.10. The van der Waals surface area contributed by atoms with Crippen molar-refractivity contribution in [2.45, 2.75) is 38.3 Å². The number of aryl methyl sites for hydroxylation is 3. The number of hydrogen-bond donors (Lipinski definition) is 2. The molecule has 2 aromatic rings. The second kappa shape index (κ2) is 6.42. The minimum Gasteiger partial charge on any atom is -0.465 e. The maximum absolute atomic E-state index is 12.4. The highest BCUT2D eigenvalue weighted by molar-refractivity contribution is 7.89. The first-order chi connectivity index (χ1) is 9.95. The summed E-state index contributed by atoms with van der Waals surface area (Å²) in [6.45, 7) is 4.53. The fourth-order valence-electron chi connectivity index (χ4n) is 2.26. The highest BCUT2D eigenvalue weighted by Crippen LogP contribution is 2.25. The van der Waals surface area contributed by atoms with E-state index in [0.717, 1.165) is 0 Å². The molecular formula is C13H20N4O3S. The zero-order valence-electron chi connectivity index (χ0n) is 12.2. The van der Waals surface area contributed by atoms with Gasteiger partial charge in [0.2, 0.25) is 10.0 Å². The minimum absolute atomic E-state index is 0.133. The molecule has 7 nitrogen and oxygen atoms in total. The lowest BCUT2D eigenvalue weighted by atomic mass is 10.2. The molecule has 0 aliphatic rings. The second-order valence-corrected chi connectivity index (χ2v) is 6.48. The molecule has 3 N–H and O–H groups in total. The monoisotopic (exact) mass is 312 g/mol. The normalized spacial score (nSPS) is 12.0. The maximum Gasteiger partial charge on any atom is 0.244 e. The van der Waals surface area contributed by atoms with E-state index in [1.807, 2.05) is 10.8 Å². The van der Waals surface area contributed by atoms with Gasteiger partial charge in [0.1, 0.15) is 16.4 Å². The van der Waals surface area contributed by atoms with Gasteiger partial charge < -0.3 is 14.7 Å². The average molecular weight is 312 g/mol. The molecule has 0 saturated heterocycles. The molecule has 116 valence electrons. The largest absolute Gasteiger partial charge is 0.465 e. The lowest BCUT2D eigenvalue weighted by Crippen LogP contribution is -2.27. The van der Waals surface area contributed by atoms with Gasteiger partial charge in [-0.25, -0.2) is 18.1 Å². The summed E-state index contributed by atoms with van der Waals surface area (Å²) < 4.78 is 34.6. The first-order valence-electron chi connectivity index (χ1n) is 6.70. The van der Waals surface area contributed by atoms with Crippen molar-refractivity contribution in [2.75, 3.05) is 6.54 Å². The van der Waals surface area contributed by atoms with Gasteiger partial charge in [0.05, 0.1) is 6.33 Å². The Morgan fingerprint density at radius 3 is 2.76 bits per heavy atom. The van der Waals surface area contributed by atoms with Gasteiger partial charge in [-0.2, -0.15) is 0 Å². The zero-order valence-corrected chi connectivity index (χ0v) is 13.0. The highest BCUT2D eigenvalue weighted by atomic mass is 32.2. The van der Waals surface area contributed by atoms with Crippen LogP contribution in [0.3, 0.4) is 0 Å². The topological polar surface area (TPSA) is 103 Å². The van der Waals surface area contributed by atoms with Crippen molar-refractivity contribution in [1.29, 1.82) is 0 Å². The van der Waals surface area contributed by atoms with Crippen LogP contribution in [0.1, 0.15) is 23.5 Å².